The molecule has 0 aliphatic carbocycles. The molecule has 0 bridgehead atoms. The van der Waals surface area contributed by atoms with Crippen molar-refractivity contribution in [3.63, 3.8) is 0 Å². The average Bonchev–Trinajstić information content (AvgIpc) is 3.54. The van der Waals surface area contributed by atoms with Gasteiger partial charge in [0.05, 0.1) is 25.1 Å². The number of anilines is 1. The highest BCUT2D eigenvalue weighted by atomic mass is 35.5. The fourth-order valence-electron chi connectivity index (χ4n) is 3.98. The number of fused-ring (bicyclic) bond motifs is 1. The van der Waals surface area contributed by atoms with Crippen molar-refractivity contribution in [2.75, 3.05) is 45.7 Å². The molecule has 4 rings (SSSR count). The molecule has 10 nitrogen and oxygen atoms in total. The summed E-state index contributed by atoms with van der Waals surface area (Å²) in [4.78, 5) is 43.3. The van der Waals surface area contributed by atoms with Crippen molar-refractivity contribution >= 4 is 35.2 Å². The first-order chi connectivity index (χ1) is 18.4. The van der Waals surface area contributed by atoms with Crippen LogP contribution in [-0.4, -0.2) is 73.1 Å². The number of likely N-dealkylation sites (N-methyl/N-ethyl adjacent to an activating group) is 1. The molecule has 1 aromatic heterocycles. The zero-order valence-corrected chi connectivity index (χ0v) is 21.9. The van der Waals surface area contributed by atoms with E-state index >= 15 is 0 Å². The van der Waals surface area contributed by atoms with Crippen molar-refractivity contribution in [3.8, 4) is 11.6 Å². The molecule has 2 aromatic carbocycles. The number of nitrogens with zero attached hydrogens (tertiary/aromatic N) is 2. The second-order valence-corrected chi connectivity index (χ2v) is 9.10. The van der Waals surface area contributed by atoms with Gasteiger partial charge in [-0.05, 0) is 29.3 Å². The Kier molecular flexibility index (Phi) is 8.75. The maximum Gasteiger partial charge on any atom is 0.410 e. The number of methoxy groups -OCH3 is 1. The number of hydrogen-bond donors (Lipinski definition) is 2. The van der Waals surface area contributed by atoms with Gasteiger partial charge >= 0.3 is 6.09 Å². The summed E-state index contributed by atoms with van der Waals surface area (Å²) in [5.74, 6) is 0.449. The molecule has 3 amide bonds. The van der Waals surface area contributed by atoms with E-state index in [9.17, 15) is 14.4 Å². The number of carbonyl (C=O) groups excluding carboxylic acids is 3. The molecule has 3 aromatic rings. The number of nitrogens with one attached hydrogen (secondary N) is 2. The number of rotatable bonds is 11. The van der Waals surface area contributed by atoms with Crippen molar-refractivity contribution in [1.82, 2.24) is 14.8 Å². The molecule has 0 spiro atoms. The fourth-order valence-corrected chi connectivity index (χ4v) is 4.19. The molecule has 0 unspecified atom stereocenters. The second-order valence-electron chi connectivity index (χ2n) is 8.69. The molecule has 0 saturated heterocycles. The van der Waals surface area contributed by atoms with E-state index < -0.39 is 6.09 Å². The number of halogens is 1. The van der Waals surface area contributed by atoms with Gasteiger partial charge in [-0.15, -0.1) is 0 Å². The van der Waals surface area contributed by atoms with E-state index in [-0.39, 0.29) is 51.1 Å². The predicted molar refractivity (Wildman–Crippen MR) is 142 cm³/mol. The Bertz CT molecular complexity index is 1300. The predicted octanol–water partition coefficient (Wildman–Crippen LogP) is 3.96. The first-order valence-corrected chi connectivity index (χ1v) is 12.4. The SMILES string of the molecule is COc1[nH]ccc1C(=O)N(C)CCN(CCOc1cc2c(cc1Cl)NC(=O)C2)C(=O)OCc1ccccc1. The lowest BCUT2D eigenvalue weighted by Gasteiger charge is -2.25. The van der Waals surface area contributed by atoms with E-state index in [0.29, 0.717) is 27.9 Å². The molecule has 2 N–H and O–H groups in total. The normalized spacial score (nSPS) is 11.9. The highest BCUT2D eigenvalue weighted by molar-refractivity contribution is 6.32. The average molecular weight is 541 g/mol. The van der Waals surface area contributed by atoms with Crippen molar-refractivity contribution in [3.05, 3.63) is 76.4 Å². The quantitative estimate of drug-likeness (QED) is 0.380. The van der Waals surface area contributed by atoms with Crippen LogP contribution in [0.4, 0.5) is 10.5 Å². The summed E-state index contributed by atoms with van der Waals surface area (Å²) in [5, 5.41) is 3.10. The lowest BCUT2D eigenvalue weighted by molar-refractivity contribution is -0.115. The molecule has 1 aliphatic heterocycles. The molecule has 2 heterocycles. The summed E-state index contributed by atoms with van der Waals surface area (Å²) in [6, 6.07) is 14.4. The molecule has 11 heteroatoms. The van der Waals surface area contributed by atoms with Gasteiger partial charge in [-0.25, -0.2) is 4.79 Å². The van der Waals surface area contributed by atoms with Gasteiger partial charge in [-0.3, -0.25) is 9.59 Å². The molecule has 0 fully saturated rings. The van der Waals surface area contributed by atoms with Gasteiger partial charge in [-0.1, -0.05) is 41.9 Å². The van der Waals surface area contributed by atoms with Crippen LogP contribution >= 0.6 is 11.6 Å². The third-order valence-electron chi connectivity index (χ3n) is 6.06. The molecule has 0 radical (unpaired) electrons. The van der Waals surface area contributed by atoms with Crippen LogP contribution in [0.5, 0.6) is 11.6 Å². The largest absolute Gasteiger partial charge is 0.490 e. The molecule has 38 heavy (non-hydrogen) atoms. The van der Waals surface area contributed by atoms with Crippen LogP contribution in [0.1, 0.15) is 21.5 Å². The monoisotopic (exact) mass is 540 g/mol. The highest BCUT2D eigenvalue weighted by Gasteiger charge is 2.22. The van der Waals surface area contributed by atoms with Crippen LogP contribution in [0.25, 0.3) is 0 Å². The lowest BCUT2D eigenvalue weighted by Crippen LogP contribution is -2.41. The van der Waals surface area contributed by atoms with Gasteiger partial charge in [0.1, 0.15) is 24.5 Å². The Hall–Kier alpha value is -4.18. The van der Waals surface area contributed by atoms with E-state index in [4.69, 9.17) is 25.8 Å². The van der Waals surface area contributed by atoms with Gasteiger partial charge in [0.2, 0.25) is 11.8 Å². The summed E-state index contributed by atoms with van der Waals surface area (Å²) < 4.78 is 16.6. The Labute approximate surface area is 225 Å². The molecule has 0 saturated carbocycles. The molecule has 0 atom stereocenters. The highest BCUT2D eigenvalue weighted by Crippen LogP contribution is 2.34. The van der Waals surface area contributed by atoms with Crippen molar-refractivity contribution in [1.29, 1.82) is 0 Å². The van der Waals surface area contributed by atoms with E-state index in [2.05, 4.69) is 10.3 Å². The van der Waals surface area contributed by atoms with E-state index in [1.807, 2.05) is 30.3 Å². The molecular weight excluding hydrogens is 512 g/mol. The van der Waals surface area contributed by atoms with Gasteiger partial charge in [-0.2, -0.15) is 0 Å². The summed E-state index contributed by atoms with van der Waals surface area (Å²) in [5.41, 5.74) is 2.73. The topological polar surface area (TPSA) is 113 Å². The van der Waals surface area contributed by atoms with Gasteiger partial charge in [0.25, 0.3) is 5.91 Å². The minimum Gasteiger partial charge on any atom is -0.490 e. The van der Waals surface area contributed by atoms with Crippen LogP contribution in [0, 0.1) is 0 Å². The molecular formula is C27H29ClN4O6. The number of amides is 3. The summed E-state index contributed by atoms with van der Waals surface area (Å²) >= 11 is 6.32. The zero-order chi connectivity index (χ0) is 27.1. The Morgan fingerprint density at radius 1 is 1.08 bits per heavy atom. The standard InChI is InChI=1S/C27H29ClN4O6/c1-31(26(34)20-8-9-29-25(20)36-2)10-11-32(27(35)38-17-18-6-4-3-5-7-18)12-13-37-23-14-19-15-24(33)30-22(19)16-21(23)28/h3-9,14,16,29H,10-13,15,17H2,1-2H3,(H,30,33). The minimum absolute atomic E-state index is 0.100. The van der Waals surface area contributed by atoms with Gasteiger partial charge in [0, 0.05) is 32.0 Å². The Morgan fingerprint density at radius 2 is 1.87 bits per heavy atom. The number of H-pyrrole nitrogens is 1. The summed E-state index contributed by atoms with van der Waals surface area (Å²) in [6.45, 7) is 0.894. The third-order valence-corrected chi connectivity index (χ3v) is 6.36. The van der Waals surface area contributed by atoms with Crippen LogP contribution in [0.2, 0.25) is 5.02 Å². The summed E-state index contributed by atoms with van der Waals surface area (Å²) in [7, 11) is 3.13. The fraction of sp³-hybridized carbons (Fsp3) is 0.296. The van der Waals surface area contributed by atoms with Crippen LogP contribution in [-0.2, 0) is 22.6 Å². The van der Waals surface area contributed by atoms with Crippen molar-refractivity contribution in [2.24, 2.45) is 0 Å². The third kappa shape index (κ3) is 6.57. The number of benzene rings is 2. The van der Waals surface area contributed by atoms with E-state index in [1.54, 1.807) is 31.4 Å². The Balaban J connectivity index is 1.38. The first-order valence-electron chi connectivity index (χ1n) is 12.0. The maximum atomic E-state index is 13.0. The Morgan fingerprint density at radius 3 is 2.63 bits per heavy atom. The smallest absolute Gasteiger partial charge is 0.410 e. The van der Waals surface area contributed by atoms with Crippen molar-refractivity contribution in [2.45, 2.75) is 13.0 Å². The van der Waals surface area contributed by atoms with E-state index in [0.717, 1.165) is 11.1 Å². The van der Waals surface area contributed by atoms with Crippen LogP contribution < -0.4 is 14.8 Å². The van der Waals surface area contributed by atoms with Crippen molar-refractivity contribution < 1.29 is 28.6 Å². The zero-order valence-electron chi connectivity index (χ0n) is 21.2. The number of carbonyl (C=O) groups is 3. The molecule has 1 aliphatic rings. The summed E-state index contributed by atoms with van der Waals surface area (Å²) in [6.07, 6.45) is 1.35. The number of aromatic nitrogens is 1. The van der Waals surface area contributed by atoms with Gasteiger partial charge < -0.3 is 34.3 Å². The van der Waals surface area contributed by atoms with Crippen LogP contribution in [0.15, 0.2) is 54.7 Å². The van der Waals surface area contributed by atoms with E-state index in [1.165, 1.54) is 16.9 Å². The minimum atomic E-state index is -0.535. The number of ether oxygens (including phenoxy) is 3. The first kappa shape index (κ1) is 26.9. The van der Waals surface area contributed by atoms with Gasteiger partial charge in [0.15, 0.2) is 0 Å². The second kappa shape index (κ2) is 12.4. The maximum absolute atomic E-state index is 13.0. The molecule has 200 valence electrons. The number of hydrogen-bond acceptors (Lipinski definition) is 6. The van der Waals surface area contributed by atoms with Crippen LogP contribution in [0.3, 0.4) is 0 Å². The lowest BCUT2D eigenvalue weighted by atomic mass is 10.1. The number of aromatic amines is 1.